The Kier molecular flexibility index (Phi) is 5.23. The number of nitrogens with zero attached hydrogens (tertiary/aromatic N) is 2. The fraction of sp³-hybridized carbons (Fsp3) is 0.611. The molecule has 2 saturated heterocycles. The summed E-state index contributed by atoms with van der Waals surface area (Å²) in [6.07, 6.45) is 3.26. The first kappa shape index (κ1) is 17.0. The highest BCUT2D eigenvalue weighted by atomic mass is 19.1. The van der Waals surface area contributed by atoms with Gasteiger partial charge in [0.1, 0.15) is 5.82 Å². The van der Waals surface area contributed by atoms with Crippen LogP contribution in [0, 0.1) is 5.82 Å². The average Bonchev–Trinajstić information content (AvgIpc) is 3.10. The zero-order valence-electron chi connectivity index (χ0n) is 14.2. The van der Waals surface area contributed by atoms with Crippen LogP contribution in [-0.4, -0.2) is 48.3 Å². The minimum atomic E-state index is -0.298. The minimum Gasteiger partial charge on any atom is -0.393 e. The number of benzene rings is 1. The standard InChI is InChI=1S/C18H26FN3O2/c1-13(20-18(24)22-8-2-3-9-22)16-12-14(19)4-5-17(16)21-10-6-15(23)7-11-21/h4-5,12-13,15,23H,2-3,6-11H2,1H3,(H,20,24)/t13-/m0/s1. The average molecular weight is 335 g/mol. The zero-order chi connectivity index (χ0) is 17.1. The molecule has 1 aromatic carbocycles. The van der Waals surface area contributed by atoms with Gasteiger partial charge in [-0.15, -0.1) is 0 Å². The monoisotopic (exact) mass is 335 g/mol. The number of halogens is 1. The van der Waals surface area contributed by atoms with Crippen LogP contribution < -0.4 is 10.2 Å². The van der Waals surface area contributed by atoms with Crippen molar-refractivity contribution in [3.05, 3.63) is 29.6 Å². The van der Waals surface area contributed by atoms with Crippen molar-refractivity contribution in [2.24, 2.45) is 0 Å². The molecule has 0 saturated carbocycles. The number of rotatable bonds is 3. The van der Waals surface area contributed by atoms with Crippen LogP contribution >= 0.6 is 0 Å². The summed E-state index contributed by atoms with van der Waals surface area (Å²) in [5, 5.41) is 12.7. The van der Waals surface area contributed by atoms with Gasteiger partial charge in [0, 0.05) is 37.4 Å². The third kappa shape index (κ3) is 3.80. The third-order valence-electron chi connectivity index (χ3n) is 4.99. The molecule has 2 heterocycles. The predicted molar refractivity (Wildman–Crippen MR) is 91.6 cm³/mol. The number of amides is 2. The number of hydrogen-bond donors (Lipinski definition) is 2. The molecule has 2 aliphatic rings. The maximum absolute atomic E-state index is 13.8. The first-order valence-corrected chi connectivity index (χ1v) is 8.82. The molecule has 0 aliphatic carbocycles. The van der Waals surface area contributed by atoms with Crippen LogP contribution in [0.1, 0.15) is 44.2 Å². The smallest absolute Gasteiger partial charge is 0.317 e. The summed E-state index contributed by atoms with van der Waals surface area (Å²) in [6, 6.07) is 4.40. The quantitative estimate of drug-likeness (QED) is 0.893. The number of likely N-dealkylation sites (tertiary alicyclic amines) is 1. The van der Waals surface area contributed by atoms with Crippen LogP contribution in [0.2, 0.25) is 0 Å². The molecule has 0 bridgehead atoms. The van der Waals surface area contributed by atoms with E-state index in [2.05, 4.69) is 10.2 Å². The highest BCUT2D eigenvalue weighted by molar-refractivity contribution is 5.75. The molecule has 5 nitrogen and oxygen atoms in total. The minimum absolute atomic E-state index is 0.0794. The van der Waals surface area contributed by atoms with Crippen molar-refractivity contribution in [3.63, 3.8) is 0 Å². The maximum atomic E-state index is 13.8. The topological polar surface area (TPSA) is 55.8 Å². The van der Waals surface area contributed by atoms with E-state index in [0.717, 1.165) is 50.3 Å². The number of aliphatic hydroxyl groups excluding tert-OH is 1. The SMILES string of the molecule is C[C@H](NC(=O)N1CCCC1)c1cc(F)ccc1N1CCC(O)CC1. The summed E-state index contributed by atoms with van der Waals surface area (Å²) in [6.45, 7) is 4.96. The van der Waals surface area contributed by atoms with Crippen LogP contribution in [0.25, 0.3) is 0 Å². The van der Waals surface area contributed by atoms with Gasteiger partial charge in [-0.3, -0.25) is 0 Å². The van der Waals surface area contributed by atoms with E-state index in [9.17, 15) is 14.3 Å². The number of anilines is 1. The largest absolute Gasteiger partial charge is 0.393 e. The Morgan fingerprint density at radius 2 is 1.92 bits per heavy atom. The maximum Gasteiger partial charge on any atom is 0.317 e. The molecular formula is C18H26FN3O2. The fourth-order valence-corrected chi connectivity index (χ4v) is 3.54. The molecular weight excluding hydrogens is 309 g/mol. The van der Waals surface area contributed by atoms with Crippen molar-refractivity contribution in [2.75, 3.05) is 31.1 Å². The molecule has 2 aliphatic heterocycles. The van der Waals surface area contributed by atoms with Gasteiger partial charge in [-0.2, -0.15) is 0 Å². The Balaban J connectivity index is 1.75. The molecule has 2 fully saturated rings. The first-order chi connectivity index (χ1) is 11.5. The Labute approximate surface area is 142 Å². The lowest BCUT2D eigenvalue weighted by Crippen LogP contribution is -2.40. The van der Waals surface area contributed by atoms with E-state index < -0.39 is 0 Å². The number of carbonyl (C=O) groups is 1. The Hall–Kier alpha value is -1.82. The van der Waals surface area contributed by atoms with E-state index in [1.807, 2.05) is 11.8 Å². The molecule has 2 amide bonds. The number of aliphatic hydroxyl groups is 1. The van der Waals surface area contributed by atoms with Gasteiger partial charge >= 0.3 is 6.03 Å². The summed E-state index contributed by atoms with van der Waals surface area (Å²) < 4.78 is 13.8. The van der Waals surface area contributed by atoms with Gasteiger partial charge in [-0.25, -0.2) is 9.18 Å². The van der Waals surface area contributed by atoms with E-state index in [4.69, 9.17) is 0 Å². The van der Waals surface area contributed by atoms with E-state index in [-0.39, 0.29) is 24.0 Å². The summed E-state index contributed by atoms with van der Waals surface area (Å²) in [5.41, 5.74) is 1.73. The molecule has 3 rings (SSSR count). The van der Waals surface area contributed by atoms with E-state index >= 15 is 0 Å². The van der Waals surface area contributed by atoms with Gasteiger partial charge < -0.3 is 20.2 Å². The number of hydrogen-bond acceptors (Lipinski definition) is 3. The zero-order valence-corrected chi connectivity index (χ0v) is 14.2. The van der Waals surface area contributed by atoms with Crippen molar-refractivity contribution in [2.45, 2.75) is 44.8 Å². The fourth-order valence-electron chi connectivity index (χ4n) is 3.54. The molecule has 2 N–H and O–H groups in total. The number of urea groups is 1. The molecule has 1 aromatic rings. The van der Waals surface area contributed by atoms with Crippen LogP contribution in [0.15, 0.2) is 18.2 Å². The second kappa shape index (κ2) is 7.38. The van der Waals surface area contributed by atoms with E-state index in [1.54, 1.807) is 6.07 Å². The molecule has 24 heavy (non-hydrogen) atoms. The Morgan fingerprint density at radius 1 is 1.25 bits per heavy atom. The van der Waals surface area contributed by atoms with Gasteiger partial charge in [0.05, 0.1) is 12.1 Å². The summed E-state index contributed by atoms with van der Waals surface area (Å²) >= 11 is 0. The molecule has 0 unspecified atom stereocenters. The van der Waals surface area contributed by atoms with Crippen LogP contribution in [0.5, 0.6) is 0 Å². The number of piperidine rings is 1. The van der Waals surface area contributed by atoms with Crippen molar-refractivity contribution in [3.8, 4) is 0 Å². The second-order valence-corrected chi connectivity index (χ2v) is 6.79. The highest BCUT2D eigenvalue weighted by Gasteiger charge is 2.24. The molecule has 0 radical (unpaired) electrons. The Bertz CT molecular complexity index is 582. The van der Waals surface area contributed by atoms with Crippen molar-refractivity contribution in [1.82, 2.24) is 10.2 Å². The lowest BCUT2D eigenvalue weighted by molar-refractivity contribution is 0.145. The van der Waals surface area contributed by atoms with Gasteiger partial charge in [0.25, 0.3) is 0 Å². The molecule has 132 valence electrons. The predicted octanol–water partition coefficient (Wildman–Crippen LogP) is 2.65. The second-order valence-electron chi connectivity index (χ2n) is 6.79. The van der Waals surface area contributed by atoms with Gasteiger partial charge in [0.2, 0.25) is 0 Å². The van der Waals surface area contributed by atoms with Gasteiger partial charge in [-0.1, -0.05) is 0 Å². The van der Waals surface area contributed by atoms with Crippen LogP contribution in [-0.2, 0) is 0 Å². The molecule has 0 spiro atoms. The third-order valence-corrected chi connectivity index (χ3v) is 4.99. The van der Waals surface area contributed by atoms with Crippen molar-refractivity contribution >= 4 is 11.7 Å². The molecule has 6 heteroatoms. The summed E-state index contributed by atoms with van der Waals surface area (Å²) in [5.74, 6) is -0.298. The molecule has 1 atom stereocenters. The summed E-state index contributed by atoms with van der Waals surface area (Å²) in [7, 11) is 0. The lowest BCUT2D eigenvalue weighted by atomic mass is 10.0. The number of carbonyl (C=O) groups excluding carboxylic acids is 1. The van der Waals surface area contributed by atoms with Gasteiger partial charge in [0.15, 0.2) is 0 Å². The Morgan fingerprint density at radius 3 is 2.58 bits per heavy atom. The van der Waals surface area contributed by atoms with Crippen molar-refractivity contribution < 1.29 is 14.3 Å². The van der Waals surface area contributed by atoms with Gasteiger partial charge in [-0.05, 0) is 50.8 Å². The van der Waals surface area contributed by atoms with Crippen molar-refractivity contribution in [1.29, 1.82) is 0 Å². The summed E-state index contributed by atoms with van der Waals surface area (Å²) in [4.78, 5) is 16.3. The lowest BCUT2D eigenvalue weighted by Gasteiger charge is -2.34. The molecule has 0 aromatic heterocycles. The van der Waals surface area contributed by atoms with E-state index in [0.29, 0.717) is 12.8 Å². The number of nitrogens with one attached hydrogen (secondary N) is 1. The highest BCUT2D eigenvalue weighted by Crippen LogP contribution is 2.30. The normalized spacial score (nSPS) is 20.3. The van der Waals surface area contributed by atoms with Crippen LogP contribution in [0.3, 0.4) is 0 Å². The van der Waals surface area contributed by atoms with Crippen LogP contribution in [0.4, 0.5) is 14.9 Å². The first-order valence-electron chi connectivity index (χ1n) is 8.82. The van der Waals surface area contributed by atoms with E-state index in [1.165, 1.54) is 12.1 Å².